The van der Waals surface area contributed by atoms with Crippen molar-refractivity contribution in [3.05, 3.63) is 0 Å². The van der Waals surface area contributed by atoms with Gasteiger partial charge in [-0.05, 0) is 0 Å². The minimum Gasteiger partial charge on any atom is -0.469 e. The second-order valence-corrected chi connectivity index (χ2v) is 0.842. The minimum absolute atomic E-state index is 0.00231. The first-order chi connectivity index (χ1) is 3.31. The lowest BCUT2D eigenvalue weighted by Gasteiger charge is -1.91. The molecule has 0 saturated carbocycles. The van der Waals surface area contributed by atoms with Crippen LogP contribution in [0.4, 0.5) is 0 Å². The summed E-state index contributed by atoms with van der Waals surface area (Å²) in [4.78, 5) is 3.27. The maximum atomic E-state index is 8.02. The highest BCUT2D eigenvalue weighted by Crippen LogP contribution is 1.65. The van der Waals surface area contributed by atoms with Gasteiger partial charge in [-0.25, -0.2) is 4.99 Å². The van der Waals surface area contributed by atoms with Crippen LogP contribution in [0.1, 0.15) is 0 Å². The summed E-state index contributed by atoms with van der Waals surface area (Å²) in [5.41, 5.74) is 4.95. The van der Waals surface area contributed by atoms with Crippen molar-refractivity contribution in [1.29, 1.82) is 0 Å². The van der Waals surface area contributed by atoms with Crippen molar-refractivity contribution in [2.24, 2.45) is 10.7 Å². The van der Waals surface area contributed by atoms with Crippen molar-refractivity contribution in [1.82, 2.24) is 0 Å². The lowest BCUT2D eigenvalue weighted by atomic mass is 11.1. The molecular formula is C3H8N2O2. The number of methoxy groups -OCH3 is 1. The van der Waals surface area contributed by atoms with Gasteiger partial charge in [0.25, 0.3) is 6.02 Å². The number of nitrogens with zero attached hydrogens (tertiary/aromatic N) is 1. The van der Waals surface area contributed by atoms with E-state index >= 15 is 0 Å². The predicted molar refractivity (Wildman–Crippen MR) is 25.7 cm³/mol. The molecule has 0 spiro atoms. The fourth-order valence-electron chi connectivity index (χ4n) is 0.134. The van der Waals surface area contributed by atoms with Crippen LogP contribution >= 0.6 is 0 Å². The SMILES string of the molecule is COC(N)=NCO. The van der Waals surface area contributed by atoms with Gasteiger partial charge in [-0.3, -0.25) is 0 Å². The van der Waals surface area contributed by atoms with Crippen molar-refractivity contribution in [2.75, 3.05) is 13.8 Å². The van der Waals surface area contributed by atoms with Gasteiger partial charge in [-0.1, -0.05) is 0 Å². The Hall–Kier alpha value is -0.770. The highest BCUT2D eigenvalue weighted by atomic mass is 16.5. The van der Waals surface area contributed by atoms with Crippen LogP contribution in [0.25, 0.3) is 0 Å². The van der Waals surface area contributed by atoms with E-state index in [0.29, 0.717) is 0 Å². The van der Waals surface area contributed by atoms with Gasteiger partial charge in [0, 0.05) is 0 Å². The summed E-state index contributed by atoms with van der Waals surface area (Å²) in [7, 11) is 1.38. The average Bonchev–Trinajstić information content (AvgIpc) is 1.68. The smallest absolute Gasteiger partial charge is 0.283 e. The molecule has 42 valence electrons. The molecule has 0 saturated heterocycles. The molecule has 0 rings (SSSR count). The van der Waals surface area contributed by atoms with Crippen LogP contribution < -0.4 is 5.73 Å². The molecule has 0 aromatic heterocycles. The lowest BCUT2D eigenvalue weighted by molar-refractivity contribution is 0.299. The predicted octanol–water partition coefficient (Wildman–Crippen LogP) is -1.10. The van der Waals surface area contributed by atoms with E-state index in [1.165, 1.54) is 7.11 Å². The van der Waals surface area contributed by atoms with Crippen molar-refractivity contribution in [3.63, 3.8) is 0 Å². The number of nitrogens with two attached hydrogens (primary N) is 1. The van der Waals surface area contributed by atoms with Crippen molar-refractivity contribution in [2.45, 2.75) is 0 Å². The maximum Gasteiger partial charge on any atom is 0.283 e. The van der Waals surface area contributed by atoms with Gasteiger partial charge in [0.15, 0.2) is 0 Å². The van der Waals surface area contributed by atoms with E-state index in [-0.39, 0.29) is 12.8 Å². The average molecular weight is 104 g/mol. The Morgan fingerprint density at radius 2 is 2.57 bits per heavy atom. The molecule has 0 fully saturated rings. The van der Waals surface area contributed by atoms with Gasteiger partial charge in [0.05, 0.1) is 7.11 Å². The number of ether oxygens (including phenoxy) is 1. The summed E-state index contributed by atoms with van der Waals surface area (Å²) in [6, 6.07) is 0.00231. The van der Waals surface area contributed by atoms with Crippen LogP contribution in [0, 0.1) is 0 Å². The fraction of sp³-hybridized carbons (Fsp3) is 0.667. The Morgan fingerprint density at radius 3 is 2.71 bits per heavy atom. The van der Waals surface area contributed by atoms with Crippen LogP contribution in [0.5, 0.6) is 0 Å². The Labute approximate surface area is 41.6 Å². The lowest BCUT2D eigenvalue weighted by Crippen LogP contribution is -2.13. The Balaban J connectivity index is 3.29. The van der Waals surface area contributed by atoms with Crippen molar-refractivity contribution in [3.8, 4) is 0 Å². The molecule has 0 amide bonds. The van der Waals surface area contributed by atoms with Crippen molar-refractivity contribution >= 4 is 6.02 Å². The zero-order valence-electron chi connectivity index (χ0n) is 4.09. The zero-order chi connectivity index (χ0) is 5.70. The van der Waals surface area contributed by atoms with Gasteiger partial charge in [-0.2, -0.15) is 0 Å². The highest BCUT2D eigenvalue weighted by Gasteiger charge is 1.79. The number of amidine groups is 1. The van der Waals surface area contributed by atoms with E-state index in [1.54, 1.807) is 0 Å². The van der Waals surface area contributed by atoms with Crippen LogP contribution in [-0.4, -0.2) is 25.0 Å². The molecule has 0 unspecified atom stereocenters. The quantitative estimate of drug-likeness (QED) is 0.327. The van der Waals surface area contributed by atoms with Gasteiger partial charge in [-0.15, -0.1) is 0 Å². The molecular weight excluding hydrogens is 96.0 g/mol. The molecule has 0 aliphatic carbocycles. The number of aliphatic imine (C=N–C) groups is 1. The van der Waals surface area contributed by atoms with E-state index in [9.17, 15) is 0 Å². The van der Waals surface area contributed by atoms with E-state index in [0.717, 1.165) is 0 Å². The van der Waals surface area contributed by atoms with E-state index in [4.69, 9.17) is 10.8 Å². The minimum atomic E-state index is -0.320. The molecule has 0 atom stereocenters. The molecule has 4 heteroatoms. The standard InChI is InChI=1S/C3H8N2O2/c1-7-3(4)5-2-6/h6H,2H2,1H3,(H2,4,5). The Kier molecular flexibility index (Phi) is 3.04. The van der Waals surface area contributed by atoms with Gasteiger partial charge >= 0.3 is 0 Å². The summed E-state index contributed by atoms with van der Waals surface area (Å²) in [5, 5.41) is 8.02. The topological polar surface area (TPSA) is 67.8 Å². The number of hydrogen-bond donors (Lipinski definition) is 2. The molecule has 3 N–H and O–H groups in total. The van der Waals surface area contributed by atoms with Gasteiger partial charge < -0.3 is 15.6 Å². The van der Waals surface area contributed by atoms with Crippen molar-refractivity contribution < 1.29 is 9.84 Å². The van der Waals surface area contributed by atoms with Crippen LogP contribution in [-0.2, 0) is 4.74 Å². The maximum absolute atomic E-state index is 8.02. The molecule has 0 aromatic carbocycles. The normalized spacial score (nSPS) is 11.4. The third-order valence-corrected chi connectivity index (χ3v) is 0.436. The first kappa shape index (κ1) is 6.23. The molecule has 7 heavy (non-hydrogen) atoms. The third kappa shape index (κ3) is 3.05. The Bertz CT molecular complexity index is 71.3. The van der Waals surface area contributed by atoms with Crippen LogP contribution in [0.15, 0.2) is 4.99 Å². The second kappa shape index (κ2) is 3.42. The second-order valence-electron chi connectivity index (χ2n) is 0.842. The van der Waals surface area contributed by atoms with E-state index < -0.39 is 0 Å². The van der Waals surface area contributed by atoms with E-state index in [2.05, 4.69) is 9.73 Å². The third-order valence-electron chi connectivity index (χ3n) is 0.436. The van der Waals surface area contributed by atoms with Crippen LogP contribution in [0.3, 0.4) is 0 Å². The summed E-state index contributed by atoms with van der Waals surface area (Å²) in [6.45, 7) is -0.320. The fourth-order valence-corrected chi connectivity index (χ4v) is 0.134. The highest BCUT2D eigenvalue weighted by molar-refractivity contribution is 5.70. The van der Waals surface area contributed by atoms with Crippen LogP contribution in [0.2, 0.25) is 0 Å². The Morgan fingerprint density at radius 1 is 2.00 bits per heavy atom. The largest absolute Gasteiger partial charge is 0.469 e. The zero-order valence-corrected chi connectivity index (χ0v) is 4.09. The number of aliphatic hydroxyl groups is 1. The monoisotopic (exact) mass is 104 g/mol. The molecule has 4 nitrogen and oxygen atoms in total. The molecule has 0 heterocycles. The first-order valence-corrected chi connectivity index (χ1v) is 1.76. The molecule has 0 bridgehead atoms. The van der Waals surface area contributed by atoms with E-state index in [1.807, 2.05) is 0 Å². The number of hydrogen-bond acceptors (Lipinski definition) is 3. The first-order valence-electron chi connectivity index (χ1n) is 1.76. The molecule has 0 aromatic rings. The summed E-state index contributed by atoms with van der Waals surface area (Å²) >= 11 is 0. The number of rotatable bonds is 1. The summed E-state index contributed by atoms with van der Waals surface area (Å²) in [6.07, 6.45) is 0. The van der Waals surface area contributed by atoms with Gasteiger partial charge in [0.1, 0.15) is 6.73 Å². The number of aliphatic hydroxyl groups excluding tert-OH is 1. The molecule has 0 aliphatic heterocycles. The molecule has 0 aliphatic rings. The van der Waals surface area contributed by atoms with Gasteiger partial charge in [0.2, 0.25) is 0 Å². The summed E-state index contributed by atoms with van der Waals surface area (Å²) in [5.74, 6) is 0. The summed E-state index contributed by atoms with van der Waals surface area (Å²) < 4.78 is 4.36. The molecule has 0 radical (unpaired) electrons.